The summed E-state index contributed by atoms with van der Waals surface area (Å²) < 4.78 is 0. The van der Waals surface area contributed by atoms with Crippen molar-refractivity contribution in [3.05, 3.63) is 58.9 Å². The van der Waals surface area contributed by atoms with Crippen molar-refractivity contribution in [2.45, 2.75) is 107 Å². The number of benzene rings is 1. The summed E-state index contributed by atoms with van der Waals surface area (Å²) in [6, 6.07) is 9.47. The Labute approximate surface area is 409 Å². The largest absolute Gasteiger partial charge is 0.480 e. The quantitative estimate of drug-likeness (QED) is 0.0170. The molecule has 2 fully saturated rings. The molecule has 69 heavy (non-hydrogen) atoms. The minimum Gasteiger partial charge on any atom is -0.480 e. The van der Waals surface area contributed by atoms with Gasteiger partial charge in [0.05, 0.1) is 49.7 Å². The number of aldehydes is 1. The Morgan fingerprint density at radius 2 is 1.39 bits per heavy atom. The fourth-order valence-electron chi connectivity index (χ4n) is 7.71. The first-order valence-corrected chi connectivity index (χ1v) is 24.2. The van der Waals surface area contributed by atoms with Crippen LogP contribution in [0.5, 0.6) is 0 Å². The number of amides is 4. The second-order valence-corrected chi connectivity index (χ2v) is 18.4. The molecule has 0 bridgehead atoms. The number of carbonyl (C=O) groups is 8. The highest BCUT2D eigenvalue weighted by Crippen LogP contribution is 2.33. The van der Waals surface area contributed by atoms with Gasteiger partial charge in [0.1, 0.15) is 12.3 Å². The third-order valence-electron chi connectivity index (χ3n) is 10.9. The van der Waals surface area contributed by atoms with Gasteiger partial charge in [0.15, 0.2) is 5.11 Å². The van der Waals surface area contributed by atoms with E-state index < -0.39 is 49.6 Å². The molecular formula is C46H61N9O12S2. The number of aromatic nitrogens is 1. The lowest BCUT2D eigenvalue weighted by atomic mass is 10.0. The predicted molar refractivity (Wildman–Crippen MR) is 259 cm³/mol. The van der Waals surface area contributed by atoms with E-state index in [0.29, 0.717) is 96.5 Å². The molecule has 2 aliphatic heterocycles. The number of hydrogen-bond donors (Lipinski definition) is 10. The van der Waals surface area contributed by atoms with Crippen molar-refractivity contribution in [1.29, 1.82) is 0 Å². The van der Waals surface area contributed by atoms with Crippen LogP contribution in [0.25, 0.3) is 0 Å². The number of nitrogens with zero attached hydrogens (tertiary/aromatic N) is 3. The average Bonchev–Trinajstić information content (AvgIpc) is 3.83. The lowest BCUT2D eigenvalue weighted by Crippen LogP contribution is -2.40. The molecule has 374 valence electrons. The Morgan fingerprint density at radius 1 is 0.783 bits per heavy atom. The highest BCUT2D eigenvalue weighted by atomic mass is 32.2. The molecule has 0 aliphatic carbocycles. The summed E-state index contributed by atoms with van der Waals surface area (Å²) in [4.78, 5) is 100. The van der Waals surface area contributed by atoms with Gasteiger partial charge in [-0.25, -0.2) is 9.59 Å². The molecule has 2 aromatic rings. The Bertz CT molecular complexity index is 2170. The van der Waals surface area contributed by atoms with E-state index in [9.17, 15) is 58.8 Å². The van der Waals surface area contributed by atoms with Crippen LogP contribution in [0.4, 0.5) is 10.5 Å². The molecule has 4 unspecified atom stereocenters. The molecule has 1 aromatic carbocycles. The monoisotopic (exact) mass is 995 g/mol. The molecule has 0 radical (unpaired) electrons. The molecule has 10 N–H and O–H groups in total. The number of thiocarbonyl (C=S) groups is 1. The number of nitrogens with one attached hydrogen (secondary N) is 6. The molecule has 2 aliphatic rings. The molecule has 2 saturated heterocycles. The first-order chi connectivity index (χ1) is 33.1. The second kappa shape index (κ2) is 29.5. The van der Waals surface area contributed by atoms with Gasteiger partial charge < -0.3 is 57.1 Å². The summed E-state index contributed by atoms with van der Waals surface area (Å²) in [5.41, 5.74) is 2.41. The lowest BCUT2D eigenvalue weighted by molar-refractivity contribution is -0.143. The number of carboxylic acid groups (broad SMARTS) is 4. The lowest BCUT2D eigenvalue weighted by Gasteiger charge is -2.20. The fourth-order valence-corrected chi connectivity index (χ4v) is 9.47. The number of pyridine rings is 1. The standard InChI is InChI=1S/C46H61N9O12S2/c56-21-20-54(26-40(59)60)24-33-22-31(23-34(49-33)25-55(27-41(61)62)28-42(63)64)13-12-30-14-16-32(17-15-30)50-46(68)48-19-6-1-2-11-39(58)51-35(44(65)66)8-5-7-18-47-38(57)10-4-3-9-37-43-36(29-69-37)52-45(67)53-43/h14-17,21-23,35-37,43H,1-11,18-20,24-29H2,(H,47,57)(H,51,58)(H,59,60)(H,61,62)(H,63,64)(H,65,66)(H2,48,50,68)(H2,52,53,67). The Balaban J connectivity index is 1.12. The third-order valence-corrected chi connectivity index (χ3v) is 12.7. The zero-order valence-corrected chi connectivity index (χ0v) is 39.8. The van der Waals surface area contributed by atoms with Crippen molar-refractivity contribution >= 4 is 82.8 Å². The SMILES string of the molecule is O=CCN(CC(=O)O)Cc1cc(C#Cc2ccc(NC(=S)NCCCCCC(=O)NC(CCCCNC(=O)CCCCC3SCC4NC(=O)NC43)C(=O)O)cc2)cc(CN(CC(=O)O)CC(=O)O)n1. The van der Waals surface area contributed by atoms with Crippen molar-refractivity contribution in [2.24, 2.45) is 0 Å². The molecule has 4 amide bonds. The van der Waals surface area contributed by atoms with Crippen LogP contribution in [-0.4, -0.2) is 157 Å². The number of hydrogen-bond acceptors (Lipinski definition) is 13. The van der Waals surface area contributed by atoms with E-state index in [1.165, 1.54) is 9.80 Å². The van der Waals surface area contributed by atoms with Crippen molar-refractivity contribution in [3.63, 3.8) is 0 Å². The minimum atomic E-state index is -1.23. The third kappa shape index (κ3) is 21.7. The molecule has 1 aromatic heterocycles. The van der Waals surface area contributed by atoms with E-state index in [1.54, 1.807) is 36.4 Å². The molecule has 0 spiro atoms. The van der Waals surface area contributed by atoms with Gasteiger partial charge in [0, 0.05) is 66.8 Å². The number of aliphatic carboxylic acids is 4. The van der Waals surface area contributed by atoms with Gasteiger partial charge in [0.25, 0.3) is 0 Å². The summed E-state index contributed by atoms with van der Waals surface area (Å²) in [6.45, 7) is -0.955. The fraction of sp³-hybridized carbons (Fsp3) is 0.522. The number of unbranched alkanes of at least 4 members (excludes halogenated alkanes) is 4. The van der Waals surface area contributed by atoms with Gasteiger partial charge in [-0.1, -0.05) is 24.7 Å². The number of carboxylic acids is 4. The van der Waals surface area contributed by atoms with E-state index in [-0.39, 0.29) is 62.4 Å². The van der Waals surface area contributed by atoms with Gasteiger partial charge in [-0.15, -0.1) is 0 Å². The summed E-state index contributed by atoms with van der Waals surface area (Å²) in [6.07, 6.45) is 7.07. The summed E-state index contributed by atoms with van der Waals surface area (Å²) in [7, 11) is 0. The molecule has 23 heteroatoms. The molecule has 4 atom stereocenters. The smallest absolute Gasteiger partial charge is 0.326 e. The van der Waals surface area contributed by atoms with Crippen LogP contribution in [0.2, 0.25) is 0 Å². The van der Waals surface area contributed by atoms with Gasteiger partial charge >= 0.3 is 29.9 Å². The maximum atomic E-state index is 12.5. The number of urea groups is 1. The van der Waals surface area contributed by atoms with E-state index >= 15 is 0 Å². The summed E-state index contributed by atoms with van der Waals surface area (Å²) in [5.74, 6) is 1.87. The molecule has 3 heterocycles. The topological polar surface area (TPSA) is 309 Å². The first-order valence-electron chi connectivity index (χ1n) is 22.7. The van der Waals surface area contributed by atoms with Crippen molar-refractivity contribution in [2.75, 3.05) is 50.3 Å². The predicted octanol–water partition coefficient (Wildman–Crippen LogP) is 1.97. The normalized spacial score (nSPS) is 16.3. The van der Waals surface area contributed by atoms with Crippen molar-refractivity contribution < 1.29 is 58.8 Å². The average molecular weight is 996 g/mol. The molecule has 0 saturated carbocycles. The van der Waals surface area contributed by atoms with E-state index in [4.69, 9.17) is 12.2 Å². The van der Waals surface area contributed by atoms with Gasteiger partial charge in [-0.3, -0.25) is 38.8 Å². The Kier molecular flexibility index (Phi) is 23.6. The van der Waals surface area contributed by atoms with Crippen LogP contribution in [0.3, 0.4) is 0 Å². The van der Waals surface area contributed by atoms with Crippen LogP contribution >= 0.6 is 24.0 Å². The molecule has 21 nitrogen and oxygen atoms in total. The van der Waals surface area contributed by atoms with E-state index in [2.05, 4.69) is 48.7 Å². The molecule has 4 rings (SSSR count). The zero-order chi connectivity index (χ0) is 50.1. The molecular weight excluding hydrogens is 935 g/mol. The van der Waals surface area contributed by atoms with Crippen molar-refractivity contribution in [1.82, 2.24) is 41.4 Å². The number of carbonyl (C=O) groups excluding carboxylic acids is 4. The number of thioether (sulfide) groups is 1. The highest BCUT2D eigenvalue weighted by molar-refractivity contribution is 8.00. The summed E-state index contributed by atoms with van der Waals surface area (Å²) in [5, 5.41) is 55.9. The van der Waals surface area contributed by atoms with Gasteiger partial charge in [-0.2, -0.15) is 11.8 Å². The Hall–Kier alpha value is -6.35. The van der Waals surface area contributed by atoms with E-state index in [1.807, 2.05) is 11.8 Å². The second-order valence-electron chi connectivity index (χ2n) is 16.7. The first kappa shape index (κ1) is 55.2. The number of rotatable bonds is 31. The minimum absolute atomic E-state index is 0.0366. The Morgan fingerprint density at radius 3 is 2.06 bits per heavy atom. The van der Waals surface area contributed by atoms with Gasteiger partial charge in [-0.05, 0) is 93.6 Å². The van der Waals surface area contributed by atoms with Gasteiger partial charge in [0.2, 0.25) is 11.8 Å². The number of fused-ring (bicyclic) bond motifs is 1. The van der Waals surface area contributed by atoms with Crippen LogP contribution in [-0.2, 0) is 46.7 Å². The maximum absolute atomic E-state index is 12.5. The van der Waals surface area contributed by atoms with Crippen molar-refractivity contribution in [3.8, 4) is 11.8 Å². The van der Waals surface area contributed by atoms with Crippen LogP contribution in [0.15, 0.2) is 36.4 Å². The van der Waals surface area contributed by atoms with Crippen LogP contribution in [0.1, 0.15) is 93.1 Å². The summed E-state index contributed by atoms with van der Waals surface area (Å²) >= 11 is 7.28. The zero-order valence-electron chi connectivity index (χ0n) is 38.2. The van der Waals surface area contributed by atoms with Crippen LogP contribution < -0.4 is 31.9 Å². The number of anilines is 1. The highest BCUT2D eigenvalue weighted by Gasteiger charge is 2.42. The van der Waals surface area contributed by atoms with Crippen LogP contribution in [0, 0.1) is 11.8 Å². The maximum Gasteiger partial charge on any atom is 0.326 e. The van der Waals surface area contributed by atoms with E-state index in [0.717, 1.165) is 25.0 Å².